The molecule has 2 aromatic rings. The van der Waals surface area contributed by atoms with Gasteiger partial charge < -0.3 is 9.80 Å². The normalized spacial score (nSPS) is 19.5. The molecule has 30 heavy (non-hydrogen) atoms. The summed E-state index contributed by atoms with van der Waals surface area (Å²) in [6, 6.07) is 8.25. The highest BCUT2D eigenvalue weighted by molar-refractivity contribution is 6.31. The van der Waals surface area contributed by atoms with E-state index < -0.39 is 0 Å². The van der Waals surface area contributed by atoms with E-state index in [1.807, 2.05) is 37.2 Å². The Morgan fingerprint density at radius 3 is 2.73 bits per heavy atom. The van der Waals surface area contributed by atoms with Crippen LogP contribution in [0.3, 0.4) is 0 Å². The lowest BCUT2D eigenvalue weighted by Gasteiger charge is -2.36. The molecular formula is C23H30ClN5O. The van der Waals surface area contributed by atoms with Crippen molar-refractivity contribution in [3.8, 4) is 0 Å². The predicted octanol–water partition coefficient (Wildman–Crippen LogP) is 3.83. The Morgan fingerprint density at radius 1 is 1.20 bits per heavy atom. The Bertz CT molecular complexity index is 932. The van der Waals surface area contributed by atoms with Crippen molar-refractivity contribution in [2.24, 2.45) is 0 Å². The van der Waals surface area contributed by atoms with Crippen molar-refractivity contribution in [2.75, 3.05) is 32.1 Å². The fourth-order valence-corrected chi connectivity index (χ4v) is 4.72. The number of amides is 1. The molecule has 160 valence electrons. The van der Waals surface area contributed by atoms with Crippen molar-refractivity contribution < 1.29 is 4.79 Å². The van der Waals surface area contributed by atoms with Crippen LogP contribution in [0.5, 0.6) is 0 Å². The minimum atomic E-state index is 0.104. The van der Waals surface area contributed by atoms with Crippen LogP contribution < -0.4 is 4.90 Å². The molecule has 7 heteroatoms. The molecule has 0 bridgehead atoms. The van der Waals surface area contributed by atoms with Crippen molar-refractivity contribution >= 4 is 23.3 Å². The zero-order valence-electron chi connectivity index (χ0n) is 18.1. The molecular weight excluding hydrogens is 398 g/mol. The van der Waals surface area contributed by atoms with E-state index in [0.717, 1.165) is 66.0 Å². The van der Waals surface area contributed by atoms with Crippen LogP contribution in [0.4, 0.5) is 5.82 Å². The summed E-state index contributed by atoms with van der Waals surface area (Å²) in [6.07, 6.45) is 4.19. The van der Waals surface area contributed by atoms with Crippen LogP contribution in [0.25, 0.3) is 0 Å². The molecule has 0 aliphatic carbocycles. The second kappa shape index (κ2) is 8.90. The van der Waals surface area contributed by atoms with Gasteiger partial charge in [-0.25, -0.2) is 9.97 Å². The van der Waals surface area contributed by atoms with E-state index in [1.54, 1.807) is 6.92 Å². The lowest BCUT2D eigenvalue weighted by atomic mass is 9.99. The van der Waals surface area contributed by atoms with Gasteiger partial charge in [-0.05, 0) is 31.0 Å². The molecule has 0 saturated carbocycles. The molecule has 1 amide bonds. The Labute approximate surface area is 183 Å². The van der Waals surface area contributed by atoms with E-state index in [1.165, 1.54) is 12.8 Å². The van der Waals surface area contributed by atoms with E-state index in [-0.39, 0.29) is 11.9 Å². The first kappa shape index (κ1) is 21.1. The van der Waals surface area contributed by atoms with Crippen LogP contribution in [0.1, 0.15) is 54.9 Å². The average molecular weight is 428 g/mol. The number of aromatic nitrogens is 2. The zero-order valence-corrected chi connectivity index (χ0v) is 18.8. The second-order valence-electron chi connectivity index (χ2n) is 8.49. The number of carbonyl (C=O) groups is 1. The number of nitrogens with zero attached hydrogens (tertiary/aromatic N) is 5. The number of rotatable bonds is 4. The summed E-state index contributed by atoms with van der Waals surface area (Å²) < 4.78 is 0. The number of piperidine rings is 1. The third kappa shape index (κ3) is 4.30. The maximum Gasteiger partial charge on any atom is 0.219 e. The van der Waals surface area contributed by atoms with Crippen molar-refractivity contribution in [1.29, 1.82) is 0 Å². The third-order valence-corrected chi connectivity index (χ3v) is 6.54. The Balaban J connectivity index is 1.67. The molecule has 1 aromatic carbocycles. The van der Waals surface area contributed by atoms with Crippen LogP contribution >= 0.6 is 11.6 Å². The molecule has 1 saturated heterocycles. The quantitative estimate of drug-likeness (QED) is 0.742. The molecule has 2 aliphatic rings. The van der Waals surface area contributed by atoms with Gasteiger partial charge in [0.05, 0.1) is 18.3 Å². The van der Waals surface area contributed by atoms with E-state index in [4.69, 9.17) is 21.6 Å². The molecule has 3 heterocycles. The number of fused-ring (bicyclic) bond motifs is 1. The highest BCUT2D eigenvalue weighted by Gasteiger charge is 2.31. The Kier molecular flexibility index (Phi) is 6.25. The molecule has 4 rings (SSSR count). The van der Waals surface area contributed by atoms with Gasteiger partial charge >= 0.3 is 0 Å². The summed E-state index contributed by atoms with van der Waals surface area (Å²) >= 11 is 6.44. The van der Waals surface area contributed by atoms with E-state index in [2.05, 4.69) is 15.9 Å². The molecule has 2 aliphatic heterocycles. The first-order chi connectivity index (χ1) is 14.4. The molecule has 1 atom stereocenters. The number of hydrogen-bond donors (Lipinski definition) is 0. The molecule has 0 spiro atoms. The summed E-state index contributed by atoms with van der Waals surface area (Å²) in [5.41, 5.74) is 3.32. The topological polar surface area (TPSA) is 52.6 Å². The monoisotopic (exact) mass is 427 g/mol. The van der Waals surface area contributed by atoms with Crippen LogP contribution in [0.15, 0.2) is 24.3 Å². The SMILES string of the molecule is CC(=O)N1CCc2nc(C3CCCCN3Cc3ccccc3Cl)nc(N(C)C)c2C1. The van der Waals surface area contributed by atoms with Gasteiger partial charge in [-0.3, -0.25) is 9.69 Å². The Hall–Kier alpha value is -2.18. The molecule has 6 nitrogen and oxygen atoms in total. The van der Waals surface area contributed by atoms with Crippen molar-refractivity contribution in [1.82, 2.24) is 19.8 Å². The standard InChI is InChI=1S/C23H30ClN5O/c1-16(30)28-13-11-20-18(15-28)23(27(2)3)26-22(25-20)21-10-6-7-12-29(21)14-17-8-4-5-9-19(17)24/h4-5,8-9,21H,6-7,10-15H2,1-3H3. The Morgan fingerprint density at radius 2 is 2.00 bits per heavy atom. The van der Waals surface area contributed by atoms with Crippen molar-refractivity contribution in [3.05, 3.63) is 51.9 Å². The van der Waals surface area contributed by atoms with Gasteiger partial charge in [-0.1, -0.05) is 36.2 Å². The number of carbonyl (C=O) groups excluding carboxylic acids is 1. The largest absolute Gasteiger partial charge is 0.362 e. The van der Waals surface area contributed by atoms with Gasteiger partial charge in [0.25, 0.3) is 0 Å². The maximum absolute atomic E-state index is 11.9. The molecule has 1 unspecified atom stereocenters. The minimum Gasteiger partial charge on any atom is -0.362 e. The number of likely N-dealkylation sites (tertiary alicyclic amines) is 1. The number of halogens is 1. The van der Waals surface area contributed by atoms with Gasteiger partial charge in [0.1, 0.15) is 11.6 Å². The maximum atomic E-state index is 11.9. The van der Waals surface area contributed by atoms with Gasteiger partial charge in [0, 0.05) is 51.1 Å². The summed E-state index contributed by atoms with van der Waals surface area (Å²) in [7, 11) is 4.03. The van der Waals surface area contributed by atoms with Crippen LogP contribution in [-0.2, 0) is 24.3 Å². The van der Waals surface area contributed by atoms with Crippen molar-refractivity contribution in [2.45, 2.75) is 51.7 Å². The summed E-state index contributed by atoms with van der Waals surface area (Å²) in [4.78, 5) is 28.4. The van der Waals surface area contributed by atoms with E-state index >= 15 is 0 Å². The van der Waals surface area contributed by atoms with Crippen LogP contribution in [-0.4, -0.2) is 52.9 Å². The first-order valence-electron chi connectivity index (χ1n) is 10.7. The molecule has 1 fully saturated rings. The molecule has 0 N–H and O–H groups in total. The number of hydrogen-bond acceptors (Lipinski definition) is 5. The average Bonchev–Trinajstić information content (AvgIpc) is 2.74. The van der Waals surface area contributed by atoms with Gasteiger partial charge in [-0.15, -0.1) is 0 Å². The highest BCUT2D eigenvalue weighted by atomic mass is 35.5. The number of benzene rings is 1. The van der Waals surface area contributed by atoms with Crippen molar-refractivity contribution in [3.63, 3.8) is 0 Å². The lowest BCUT2D eigenvalue weighted by molar-refractivity contribution is -0.129. The van der Waals surface area contributed by atoms with Crippen LogP contribution in [0.2, 0.25) is 5.02 Å². The third-order valence-electron chi connectivity index (χ3n) is 6.17. The molecule has 1 aromatic heterocycles. The first-order valence-corrected chi connectivity index (χ1v) is 11.1. The minimum absolute atomic E-state index is 0.104. The fourth-order valence-electron chi connectivity index (χ4n) is 4.52. The predicted molar refractivity (Wildman–Crippen MR) is 120 cm³/mol. The lowest BCUT2D eigenvalue weighted by Crippen LogP contribution is -2.38. The van der Waals surface area contributed by atoms with Gasteiger partial charge in [0.15, 0.2) is 0 Å². The fraction of sp³-hybridized carbons (Fsp3) is 0.522. The number of anilines is 1. The summed E-state index contributed by atoms with van der Waals surface area (Å²) in [5.74, 6) is 1.94. The second-order valence-corrected chi connectivity index (χ2v) is 8.90. The van der Waals surface area contributed by atoms with E-state index in [9.17, 15) is 4.79 Å². The van der Waals surface area contributed by atoms with Gasteiger partial charge in [0.2, 0.25) is 5.91 Å². The van der Waals surface area contributed by atoms with E-state index in [0.29, 0.717) is 6.54 Å². The highest BCUT2D eigenvalue weighted by Crippen LogP contribution is 2.34. The van der Waals surface area contributed by atoms with Crippen LogP contribution in [0, 0.1) is 0 Å². The summed E-state index contributed by atoms with van der Waals surface area (Å²) in [6.45, 7) is 4.77. The molecule has 0 radical (unpaired) electrons. The zero-order chi connectivity index (χ0) is 21.3. The van der Waals surface area contributed by atoms with Gasteiger partial charge in [-0.2, -0.15) is 0 Å². The summed E-state index contributed by atoms with van der Waals surface area (Å²) in [5, 5.41) is 0.812. The smallest absolute Gasteiger partial charge is 0.219 e.